The largest absolute Gasteiger partial charge is 0.348 e. The molecule has 3 aromatic rings. The molecule has 124 valence electrons. The van der Waals surface area contributed by atoms with E-state index >= 15 is 0 Å². The number of aryl methyl sites for hydroxylation is 2. The molecule has 4 heterocycles. The van der Waals surface area contributed by atoms with E-state index in [1.54, 1.807) is 27.4 Å². The van der Waals surface area contributed by atoms with E-state index in [0.29, 0.717) is 17.6 Å². The number of hydrogen-bond acceptors (Lipinski definition) is 3. The van der Waals surface area contributed by atoms with Crippen LogP contribution in [0.1, 0.15) is 29.0 Å². The molecule has 0 saturated heterocycles. The second-order valence-electron chi connectivity index (χ2n) is 6.29. The number of rotatable bonds is 1. The van der Waals surface area contributed by atoms with E-state index < -0.39 is 0 Å². The first-order chi connectivity index (χ1) is 11.5. The summed E-state index contributed by atoms with van der Waals surface area (Å²) in [5.41, 5.74) is 1.74. The molecule has 7 heteroatoms. The van der Waals surface area contributed by atoms with Gasteiger partial charge in [-0.25, -0.2) is 0 Å². The highest BCUT2D eigenvalue weighted by Crippen LogP contribution is 2.26. The molecule has 0 bridgehead atoms. The number of carbonyl (C=O) groups excluding carboxylic acids is 1. The van der Waals surface area contributed by atoms with Crippen molar-refractivity contribution in [3.05, 3.63) is 52.2 Å². The summed E-state index contributed by atoms with van der Waals surface area (Å²) < 4.78 is 5.58. The summed E-state index contributed by atoms with van der Waals surface area (Å²) in [5.74, 6) is -0.221. The molecule has 0 saturated carbocycles. The number of pyridine rings is 1. The van der Waals surface area contributed by atoms with E-state index in [9.17, 15) is 9.59 Å². The first-order valence-corrected chi connectivity index (χ1v) is 7.96. The van der Waals surface area contributed by atoms with E-state index in [4.69, 9.17) is 0 Å². The van der Waals surface area contributed by atoms with Crippen molar-refractivity contribution >= 4 is 16.9 Å². The molecule has 1 atom stereocenters. The molecule has 4 rings (SSSR count). The van der Waals surface area contributed by atoms with Gasteiger partial charge in [0.25, 0.3) is 5.91 Å². The molecule has 1 amide bonds. The lowest BCUT2D eigenvalue weighted by molar-refractivity contribution is 0.0642. The van der Waals surface area contributed by atoms with Crippen molar-refractivity contribution < 1.29 is 4.79 Å². The summed E-state index contributed by atoms with van der Waals surface area (Å²) in [7, 11) is 3.61. The molecule has 0 aliphatic carbocycles. The second-order valence-corrected chi connectivity index (χ2v) is 6.29. The highest BCUT2D eigenvalue weighted by atomic mass is 16.2. The Labute approximate surface area is 138 Å². The van der Waals surface area contributed by atoms with Crippen LogP contribution in [0.5, 0.6) is 0 Å². The Bertz CT molecular complexity index is 1010. The summed E-state index contributed by atoms with van der Waals surface area (Å²) in [5, 5.41) is 4.61. The number of carbonyl (C=O) groups is 1. The Kier molecular flexibility index (Phi) is 3.13. The lowest BCUT2D eigenvalue weighted by Gasteiger charge is -2.34. The van der Waals surface area contributed by atoms with E-state index in [1.165, 1.54) is 6.20 Å². The van der Waals surface area contributed by atoms with Crippen LogP contribution in [0.25, 0.3) is 11.0 Å². The molecule has 1 aliphatic heterocycles. The summed E-state index contributed by atoms with van der Waals surface area (Å²) in [4.78, 5) is 27.6. The fourth-order valence-corrected chi connectivity index (χ4v) is 3.63. The van der Waals surface area contributed by atoms with Crippen LogP contribution < -0.4 is 5.43 Å². The predicted molar refractivity (Wildman–Crippen MR) is 89.8 cm³/mol. The maximum Gasteiger partial charge on any atom is 0.259 e. The molecule has 1 unspecified atom stereocenters. The van der Waals surface area contributed by atoms with Gasteiger partial charge in [0.05, 0.1) is 17.6 Å². The summed E-state index contributed by atoms with van der Waals surface area (Å²) in [6, 6.07) is 3.95. The Balaban J connectivity index is 1.80. The van der Waals surface area contributed by atoms with Gasteiger partial charge in [0.1, 0.15) is 11.2 Å². The molecule has 0 aromatic carbocycles. The van der Waals surface area contributed by atoms with Gasteiger partial charge < -0.3 is 14.0 Å². The van der Waals surface area contributed by atoms with Gasteiger partial charge >= 0.3 is 0 Å². The van der Waals surface area contributed by atoms with Gasteiger partial charge in [-0.1, -0.05) is 0 Å². The van der Waals surface area contributed by atoms with Crippen molar-refractivity contribution in [3.8, 4) is 0 Å². The van der Waals surface area contributed by atoms with E-state index in [0.717, 1.165) is 12.2 Å². The van der Waals surface area contributed by atoms with Crippen molar-refractivity contribution in [2.75, 3.05) is 6.54 Å². The normalized spacial score (nSPS) is 17.3. The second kappa shape index (κ2) is 5.09. The fraction of sp³-hybridized carbons (Fsp3) is 0.353. The Morgan fingerprint density at radius 2 is 2.08 bits per heavy atom. The molecule has 1 aliphatic rings. The smallest absolute Gasteiger partial charge is 0.259 e. The van der Waals surface area contributed by atoms with Crippen molar-refractivity contribution in [2.45, 2.75) is 19.5 Å². The van der Waals surface area contributed by atoms with Crippen molar-refractivity contribution in [1.29, 1.82) is 0 Å². The predicted octanol–water partition coefficient (Wildman–Crippen LogP) is 1.29. The SMILES string of the molecule is CC1c2cccn2CCN1C(=O)c1cn(C)c2c(cnn2C)c1=O. The van der Waals surface area contributed by atoms with Crippen LogP contribution in [0.15, 0.2) is 35.5 Å². The Hall–Kier alpha value is -2.83. The Morgan fingerprint density at radius 3 is 2.88 bits per heavy atom. The zero-order valence-corrected chi connectivity index (χ0v) is 13.9. The third-order valence-electron chi connectivity index (χ3n) is 4.89. The van der Waals surface area contributed by atoms with Gasteiger partial charge in [-0.3, -0.25) is 14.3 Å². The molecule has 0 fully saturated rings. The number of fused-ring (bicyclic) bond motifs is 2. The third-order valence-corrected chi connectivity index (χ3v) is 4.89. The van der Waals surface area contributed by atoms with Crippen molar-refractivity contribution in [2.24, 2.45) is 14.1 Å². The minimum Gasteiger partial charge on any atom is -0.348 e. The van der Waals surface area contributed by atoms with E-state index in [2.05, 4.69) is 9.67 Å². The van der Waals surface area contributed by atoms with Gasteiger partial charge in [-0.15, -0.1) is 0 Å². The number of hydrogen-bond donors (Lipinski definition) is 0. The highest BCUT2D eigenvalue weighted by Gasteiger charge is 2.30. The van der Waals surface area contributed by atoms with Crippen molar-refractivity contribution in [3.63, 3.8) is 0 Å². The summed E-state index contributed by atoms with van der Waals surface area (Å²) in [6.45, 7) is 3.33. The number of amides is 1. The monoisotopic (exact) mass is 325 g/mol. The van der Waals surface area contributed by atoms with Crippen molar-refractivity contribution in [1.82, 2.24) is 23.8 Å². The molecular weight excluding hydrogens is 306 g/mol. The Morgan fingerprint density at radius 1 is 1.29 bits per heavy atom. The van der Waals surface area contributed by atoms with Gasteiger partial charge in [-0.2, -0.15) is 5.10 Å². The molecule has 0 spiro atoms. The molecular formula is C17H19N5O2. The molecule has 24 heavy (non-hydrogen) atoms. The van der Waals surface area contributed by atoms with Gasteiger partial charge in [0.2, 0.25) is 5.43 Å². The van der Waals surface area contributed by atoms with Gasteiger partial charge in [-0.05, 0) is 19.1 Å². The lowest BCUT2D eigenvalue weighted by atomic mass is 10.1. The first kappa shape index (κ1) is 14.7. The molecule has 0 N–H and O–H groups in total. The lowest BCUT2D eigenvalue weighted by Crippen LogP contribution is -2.42. The zero-order chi connectivity index (χ0) is 17.0. The number of aromatic nitrogens is 4. The van der Waals surface area contributed by atoms with Crippen LogP contribution in [0.3, 0.4) is 0 Å². The average Bonchev–Trinajstić information content (AvgIpc) is 3.18. The minimum absolute atomic E-state index is 0.0597. The minimum atomic E-state index is -0.255. The highest BCUT2D eigenvalue weighted by molar-refractivity contribution is 5.97. The van der Waals surface area contributed by atoms with Crippen LogP contribution in [0, 0.1) is 0 Å². The number of nitrogens with zero attached hydrogens (tertiary/aromatic N) is 5. The first-order valence-electron chi connectivity index (χ1n) is 7.96. The average molecular weight is 325 g/mol. The maximum atomic E-state index is 13.0. The van der Waals surface area contributed by atoms with Gasteiger partial charge in [0, 0.05) is 45.3 Å². The molecule has 7 nitrogen and oxygen atoms in total. The van der Waals surface area contributed by atoms with Crippen LogP contribution in [0.4, 0.5) is 0 Å². The summed E-state index contributed by atoms with van der Waals surface area (Å²) in [6.07, 6.45) is 5.17. The third kappa shape index (κ3) is 1.94. The van der Waals surface area contributed by atoms with E-state index in [-0.39, 0.29) is 22.9 Å². The molecule has 0 radical (unpaired) electrons. The summed E-state index contributed by atoms with van der Waals surface area (Å²) >= 11 is 0. The molecule has 3 aromatic heterocycles. The fourth-order valence-electron chi connectivity index (χ4n) is 3.63. The van der Waals surface area contributed by atoms with Crippen LogP contribution in [-0.4, -0.2) is 36.3 Å². The standard InChI is InChI=1S/C17H19N5O2/c1-11-14-5-4-6-21(14)7-8-22(11)17(24)13-10-19(2)16-12(15(13)23)9-18-20(16)3/h4-6,9-11H,7-8H2,1-3H3. The van der Waals surface area contributed by atoms with E-state index in [1.807, 2.05) is 32.3 Å². The van der Waals surface area contributed by atoms with Crippen LogP contribution >= 0.6 is 0 Å². The van der Waals surface area contributed by atoms with Crippen LogP contribution in [-0.2, 0) is 20.6 Å². The quantitative estimate of drug-likeness (QED) is 0.677. The topological polar surface area (TPSA) is 65.1 Å². The van der Waals surface area contributed by atoms with Crippen LogP contribution in [0.2, 0.25) is 0 Å². The maximum absolute atomic E-state index is 13.0. The zero-order valence-electron chi connectivity index (χ0n) is 13.9. The van der Waals surface area contributed by atoms with Gasteiger partial charge in [0.15, 0.2) is 0 Å².